The Balaban J connectivity index is 1.79. The van der Waals surface area contributed by atoms with Gasteiger partial charge in [-0.1, -0.05) is 34.5 Å². The molecule has 4 aromatic rings. The van der Waals surface area contributed by atoms with E-state index >= 15 is 0 Å². The molecule has 0 aliphatic rings. The summed E-state index contributed by atoms with van der Waals surface area (Å²) >= 11 is 15.5. The SMILES string of the molecule is CSc1ccc2nc(N(Cc3ccco3)C(=O)c3cc(Cl)ccc3Cl)sc2c1. The van der Waals surface area contributed by atoms with Crippen molar-refractivity contribution < 1.29 is 9.21 Å². The van der Waals surface area contributed by atoms with Gasteiger partial charge in [0.05, 0.1) is 33.6 Å². The van der Waals surface area contributed by atoms with Crippen LogP contribution in [0.3, 0.4) is 0 Å². The van der Waals surface area contributed by atoms with Crippen molar-refractivity contribution in [1.82, 2.24) is 4.98 Å². The van der Waals surface area contributed by atoms with Crippen molar-refractivity contribution in [2.75, 3.05) is 11.2 Å². The predicted molar refractivity (Wildman–Crippen MR) is 117 cm³/mol. The van der Waals surface area contributed by atoms with Crippen LogP contribution in [0.15, 0.2) is 64.1 Å². The van der Waals surface area contributed by atoms with E-state index in [1.54, 1.807) is 47.2 Å². The van der Waals surface area contributed by atoms with Gasteiger partial charge in [0.2, 0.25) is 0 Å². The Morgan fingerprint density at radius 1 is 1.21 bits per heavy atom. The van der Waals surface area contributed by atoms with Gasteiger partial charge in [-0.2, -0.15) is 0 Å². The van der Waals surface area contributed by atoms with Gasteiger partial charge in [0, 0.05) is 9.92 Å². The molecule has 142 valence electrons. The highest BCUT2D eigenvalue weighted by Gasteiger charge is 2.24. The van der Waals surface area contributed by atoms with E-state index in [-0.39, 0.29) is 12.5 Å². The maximum Gasteiger partial charge on any atom is 0.262 e. The van der Waals surface area contributed by atoms with E-state index in [0.717, 1.165) is 15.1 Å². The molecule has 2 heterocycles. The highest BCUT2D eigenvalue weighted by atomic mass is 35.5. The second-order valence-corrected chi connectivity index (χ2v) is 8.66. The maximum absolute atomic E-state index is 13.3. The Morgan fingerprint density at radius 2 is 2.07 bits per heavy atom. The van der Waals surface area contributed by atoms with Crippen molar-refractivity contribution in [2.24, 2.45) is 0 Å². The van der Waals surface area contributed by atoms with Crippen molar-refractivity contribution in [3.8, 4) is 0 Å². The van der Waals surface area contributed by atoms with E-state index in [0.29, 0.717) is 26.5 Å². The molecule has 8 heteroatoms. The van der Waals surface area contributed by atoms with Crippen molar-refractivity contribution in [2.45, 2.75) is 11.4 Å². The number of fused-ring (bicyclic) bond motifs is 1. The van der Waals surface area contributed by atoms with Crippen LogP contribution in [0, 0.1) is 0 Å². The number of thiazole rings is 1. The molecule has 0 saturated heterocycles. The minimum absolute atomic E-state index is 0.240. The summed E-state index contributed by atoms with van der Waals surface area (Å²) in [6.07, 6.45) is 3.60. The lowest BCUT2D eigenvalue weighted by Crippen LogP contribution is -2.30. The van der Waals surface area contributed by atoms with Crippen LogP contribution in [-0.4, -0.2) is 17.1 Å². The van der Waals surface area contributed by atoms with Gasteiger partial charge >= 0.3 is 0 Å². The standard InChI is InChI=1S/C20H14Cl2N2O2S2/c1-27-14-5-7-17-18(10-14)28-20(23-17)24(11-13-3-2-8-26-13)19(25)15-9-12(21)4-6-16(15)22/h2-10H,11H2,1H3. The van der Waals surface area contributed by atoms with Gasteiger partial charge in [0.25, 0.3) is 5.91 Å². The van der Waals surface area contributed by atoms with Gasteiger partial charge in [-0.15, -0.1) is 11.8 Å². The van der Waals surface area contributed by atoms with Crippen LogP contribution in [0.5, 0.6) is 0 Å². The fraction of sp³-hybridized carbons (Fsp3) is 0.100. The van der Waals surface area contributed by atoms with Gasteiger partial charge in [-0.3, -0.25) is 9.69 Å². The summed E-state index contributed by atoms with van der Waals surface area (Å²) in [6.45, 7) is 0.240. The Labute approximate surface area is 180 Å². The topological polar surface area (TPSA) is 46.3 Å². The number of amides is 1. The molecule has 1 amide bonds. The number of rotatable bonds is 5. The Morgan fingerprint density at radius 3 is 2.82 bits per heavy atom. The summed E-state index contributed by atoms with van der Waals surface area (Å²) in [5.74, 6) is 0.364. The molecule has 0 radical (unpaired) electrons. The lowest BCUT2D eigenvalue weighted by atomic mass is 10.2. The summed E-state index contributed by atoms with van der Waals surface area (Å²) in [6, 6.07) is 14.5. The molecule has 0 aliphatic carbocycles. The van der Waals surface area contributed by atoms with E-state index in [1.165, 1.54) is 11.3 Å². The number of carbonyl (C=O) groups is 1. The number of anilines is 1. The van der Waals surface area contributed by atoms with Gasteiger partial charge in [0.1, 0.15) is 5.76 Å². The third kappa shape index (κ3) is 3.91. The molecular formula is C20H14Cl2N2O2S2. The molecule has 0 aliphatic heterocycles. The first-order valence-corrected chi connectivity index (χ1v) is 11.1. The second kappa shape index (κ2) is 8.17. The fourth-order valence-corrected chi connectivity index (χ4v) is 4.61. The number of halogens is 2. The first-order chi connectivity index (χ1) is 13.5. The summed E-state index contributed by atoms with van der Waals surface area (Å²) in [5.41, 5.74) is 1.16. The quantitative estimate of drug-likeness (QED) is 0.316. The monoisotopic (exact) mass is 448 g/mol. The van der Waals surface area contributed by atoms with E-state index < -0.39 is 0 Å². The van der Waals surface area contributed by atoms with Crippen LogP contribution < -0.4 is 4.90 Å². The number of benzene rings is 2. The zero-order valence-electron chi connectivity index (χ0n) is 14.7. The summed E-state index contributed by atoms with van der Waals surface area (Å²) in [4.78, 5) is 20.7. The van der Waals surface area contributed by atoms with Crippen LogP contribution in [0.1, 0.15) is 16.1 Å². The molecule has 0 fully saturated rings. The number of carbonyl (C=O) groups excluding carboxylic acids is 1. The van der Waals surface area contributed by atoms with Crippen LogP contribution >= 0.6 is 46.3 Å². The Kier molecular flexibility index (Phi) is 5.64. The highest BCUT2D eigenvalue weighted by Crippen LogP contribution is 2.34. The van der Waals surface area contributed by atoms with Crippen LogP contribution in [0.2, 0.25) is 10.0 Å². The van der Waals surface area contributed by atoms with Crippen LogP contribution in [-0.2, 0) is 6.54 Å². The summed E-state index contributed by atoms with van der Waals surface area (Å²) < 4.78 is 6.47. The second-order valence-electron chi connectivity index (χ2n) is 5.92. The molecule has 0 N–H and O–H groups in total. The predicted octanol–water partition coefficient (Wildman–Crippen LogP) is 6.77. The maximum atomic E-state index is 13.3. The van der Waals surface area contributed by atoms with Gasteiger partial charge in [0.15, 0.2) is 5.13 Å². The highest BCUT2D eigenvalue weighted by molar-refractivity contribution is 7.98. The summed E-state index contributed by atoms with van der Waals surface area (Å²) in [5, 5.41) is 1.36. The van der Waals surface area contributed by atoms with E-state index in [9.17, 15) is 4.79 Å². The molecular weight excluding hydrogens is 435 g/mol. The zero-order chi connectivity index (χ0) is 19.7. The molecule has 0 atom stereocenters. The lowest BCUT2D eigenvalue weighted by molar-refractivity contribution is 0.0983. The number of thioether (sulfide) groups is 1. The van der Waals surface area contributed by atoms with Crippen molar-refractivity contribution in [3.05, 3.63) is 76.2 Å². The van der Waals surface area contributed by atoms with E-state index in [4.69, 9.17) is 27.6 Å². The smallest absolute Gasteiger partial charge is 0.262 e. The zero-order valence-corrected chi connectivity index (χ0v) is 17.8. The number of furan rings is 1. The van der Waals surface area contributed by atoms with Crippen LogP contribution in [0.25, 0.3) is 10.2 Å². The number of nitrogens with zero attached hydrogens (tertiary/aromatic N) is 2. The molecule has 2 aromatic carbocycles. The minimum Gasteiger partial charge on any atom is -0.467 e. The van der Waals surface area contributed by atoms with Crippen molar-refractivity contribution >= 4 is 67.6 Å². The molecule has 0 bridgehead atoms. The molecule has 28 heavy (non-hydrogen) atoms. The molecule has 0 spiro atoms. The largest absolute Gasteiger partial charge is 0.467 e. The van der Waals surface area contributed by atoms with Crippen LogP contribution in [0.4, 0.5) is 5.13 Å². The third-order valence-electron chi connectivity index (χ3n) is 4.11. The molecule has 0 saturated carbocycles. The first-order valence-electron chi connectivity index (χ1n) is 8.29. The average molecular weight is 449 g/mol. The minimum atomic E-state index is -0.284. The van der Waals surface area contributed by atoms with Gasteiger partial charge in [-0.05, 0) is 54.8 Å². The normalized spacial score (nSPS) is 11.1. The van der Waals surface area contributed by atoms with Crippen molar-refractivity contribution in [1.29, 1.82) is 0 Å². The Bertz CT molecular complexity index is 1140. The lowest BCUT2D eigenvalue weighted by Gasteiger charge is -2.19. The molecule has 4 nitrogen and oxygen atoms in total. The first kappa shape index (κ1) is 19.3. The number of hydrogen-bond acceptors (Lipinski definition) is 5. The third-order valence-corrected chi connectivity index (χ3v) is 6.44. The average Bonchev–Trinajstić information content (AvgIpc) is 3.36. The van der Waals surface area contributed by atoms with E-state index in [2.05, 4.69) is 11.1 Å². The fourth-order valence-electron chi connectivity index (χ4n) is 2.73. The summed E-state index contributed by atoms with van der Waals surface area (Å²) in [7, 11) is 0. The molecule has 2 aromatic heterocycles. The Hall–Kier alpha value is -1.99. The van der Waals surface area contributed by atoms with E-state index in [1.807, 2.05) is 24.5 Å². The molecule has 4 rings (SSSR count). The molecule has 0 unspecified atom stereocenters. The van der Waals surface area contributed by atoms with Crippen molar-refractivity contribution in [3.63, 3.8) is 0 Å². The van der Waals surface area contributed by atoms with Gasteiger partial charge in [-0.25, -0.2) is 4.98 Å². The number of hydrogen-bond donors (Lipinski definition) is 0. The number of aromatic nitrogens is 1. The van der Waals surface area contributed by atoms with Gasteiger partial charge < -0.3 is 4.42 Å².